The van der Waals surface area contributed by atoms with Crippen molar-refractivity contribution < 1.29 is 9.90 Å². The number of halogens is 1. The van der Waals surface area contributed by atoms with Gasteiger partial charge in [0.05, 0.1) is 0 Å². The van der Waals surface area contributed by atoms with E-state index in [4.69, 9.17) is 22.4 Å². The van der Waals surface area contributed by atoms with E-state index in [-0.39, 0.29) is 12.5 Å². The van der Waals surface area contributed by atoms with Crippen LogP contribution in [0.4, 0.5) is 0 Å². The SMILES string of the molecule is NC(CCC(=O)O)c1c[nH]c(Cl)c1. The molecule has 0 aliphatic rings. The van der Waals surface area contributed by atoms with Crippen LogP contribution >= 0.6 is 11.6 Å². The number of carboxylic acids is 1. The van der Waals surface area contributed by atoms with E-state index in [1.165, 1.54) is 0 Å². The number of rotatable bonds is 4. The molecule has 0 fully saturated rings. The number of aliphatic carboxylic acids is 1. The van der Waals surface area contributed by atoms with Gasteiger partial charge in [0.15, 0.2) is 0 Å². The number of carbonyl (C=O) groups is 1. The minimum atomic E-state index is -0.836. The van der Waals surface area contributed by atoms with Crippen LogP contribution in [0.5, 0.6) is 0 Å². The van der Waals surface area contributed by atoms with Gasteiger partial charge < -0.3 is 15.8 Å². The third kappa shape index (κ3) is 3.08. The Morgan fingerprint density at radius 2 is 2.46 bits per heavy atom. The van der Waals surface area contributed by atoms with Crippen LogP contribution in [0.3, 0.4) is 0 Å². The van der Waals surface area contributed by atoms with Crippen LogP contribution < -0.4 is 5.73 Å². The topological polar surface area (TPSA) is 79.1 Å². The molecule has 1 atom stereocenters. The van der Waals surface area contributed by atoms with Gasteiger partial charge in [-0.05, 0) is 18.1 Å². The maximum atomic E-state index is 10.3. The Morgan fingerprint density at radius 1 is 1.77 bits per heavy atom. The second-order valence-electron chi connectivity index (χ2n) is 2.82. The van der Waals surface area contributed by atoms with Gasteiger partial charge in [0.2, 0.25) is 0 Å². The van der Waals surface area contributed by atoms with Gasteiger partial charge in [0, 0.05) is 18.7 Å². The molecule has 1 rings (SSSR count). The van der Waals surface area contributed by atoms with E-state index in [1.807, 2.05) is 0 Å². The van der Waals surface area contributed by atoms with Gasteiger partial charge in [-0.15, -0.1) is 0 Å². The highest BCUT2D eigenvalue weighted by Gasteiger charge is 2.09. The number of aromatic nitrogens is 1. The molecule has 1 heterocycles. The molecule has 0 saturated heterocycles. The molecule has 5 heteroatoms. The fraction of sp³-hybridized carbons (Fsp3) is 0.375. The average molecular weight is 203 g/mol. The lowest BCUT2D eigenvalue weighted by molar-refractivity contribution is -0.137. The monoisotopic (exact) mass is 202 g/mol. The van der Waals surface area contributed by atoms with Crippen LogP contribution in [-0.2, 0) is 4.79 Å². The maximum absolute atomic E-state index is 10.3. The van der Waals surface area contributed by atoms with Crippen molar-refractivity contribution in [2.75, 3.05) is 0 Å². The van der Waals surface area contributed by atoms with E-state index >= 15 is 0 Å². The Labute approximate surface area is 80.7 Å². The predicted octanol–water partition coefficient (Wildman–Crippen LogP) is 1.53. The van der Waals surface area contributed by atoms with Gasteiger partial charge in [0.1, 0.15) is 5.15 Å². The van der Waals surface area contributed by atoms with E-state index in [0.29, 0.717) is 11.6 Å². The van der Waals surface area contributed by atoms with Crippen molar-refractivity contribution in [3.8, 4) is 0 Å². The van der Waals surface area contributed by atoms with Crippen LogP contribution in [0.25, 0.3) is 0 Å². The number of nitrogens with one attached hydrogen (secondary N) is 1. The van der Waals surface area contributed by atoms with Gasteiger partial charge in [0.25, 0.3) is 0 Å². The van der Waals surface area contributed by atoms with Gasteiger partial charge in [-0.2, -0.15) is 0 Å². The summed E-state index contributed by atoms with van der Waals surface area (Å²) in [5, 5.41) is 8.94. The summed E-state index contributed by atoms with van der Waals surface area (Å²) in [6.07, 6.45) is 2.18. The van der Waals surface area contributed by atoms with Gasteiger partial charge in [-0.1, -0.05) is 11.6 Å². The molecular formula is C8H11ClN2O2. The first-order valence-electron chi connectivity index (χ1n) is 3.91. The van der Waals surface area contributed by atoms with E-state index in [1.54, 1.807) is 12.3 Å². The highest BCUT2D eigenvalue weighted by molar-refractivity contribution is 6.29. The molecule has 1 aromatic rings. The second kappa shape index (κ2) is 4.30. The lowest BCUT2D eigenvalue weighted by atomic mass is 10.1. The number of nitrogens with two attached hydrogens (primary N) is 1. The quantitative estimate of drug-likeness (QED) is 0.693. The predicted molar refractivity (Wildman–Crippen MR) is 49.6 cm³/mol. The van der Waals surface area contributed by atoms with Crippen molar-refractivity contribution in [1.29, 1.82) is 0 Å². The molecule has 0 amide bonds. The summed E-state index contributed by atoms with van der Waals surface area (Å²) in [6.45, 7) is 0. The molecular weight excluding hydrogens is 192 g/mol. The zero-order valence-electron chi connectivity index (χ0n) is 6.96. The number of H-pyrrole nitrogens is 1. The van der Waals surface area contributed by atoms with Crippen LogP contribution in [0.2, 0.25) is 5.15 Å². The Hall–Kier alpha value is -1.00. The zero-order chi connectivity index (χ0) is 9.84. The van der Waals surface area contributed by atoms with Crippen molar-refractivity contribution >= 4 is 17.6 Å². The molecule has 0 spiro atoms. The standard InChI is InChI=1S/C8H11ClN2O2/c9-7-3-5(4-11-7)6(10)1-2-8(12)13/h3-4,6,11H,1-2,10H2,(H,12,13). The van der Waals surface area contributed by atoms with E-state index < -0.39 is 5.97 Å². The first kappa shape index (κ1) is 10.1. The van der Waals surface area contributed by atoms with E-state index in [9.17, 15) is 4.79 Å². The number of aromatic amines is 1. The molecule has 4 N–H and O–H groups in total. The van der Waals surface area contributed by atoms with E-state index in [2.05, 4.69) is 4.98 Å². The van der Waals surface area contributed by atoms with Crippen molar-refractivity contribution in [2.45, 2.75) is 18.9 Å². The van der Waals surface area contributed by atoms with Crippen LogP contribution in [-0.4, -0.2) is 16.1 Å². The molecule has 1 unspecified atom stereocenters. The third-order valence-electron chi connectivity index (χ3n) is 1.77. The lowest BCUT2D eigenvalue weighted by Gasteiger charge is -2.06. The smallest absolute Gasteiger partial charge is 0.303 e. The Balaban J connectivity index is 2.48. The fourth-order valence-corrected chi connectivity index (χ4v) is 1.22. The highest BCUT2D eigenvalue weighted by atomic mass is 35.5. The van der Waals surface area contributed by atoms with Crippen LogP contribution in [0.15, 0.2) is 12.3 Å². The van der Waals surface area contributed by atoms with Crippen molar-refractivity contribution in [2.24, 2.45) is 5.73 Å². The summed E-state index contributed by atoms with van der Waals surface area (Å²) in [5.74, 6) is -0.836. The zero-order valence-corrected chi connectivity index (χ0v) is 7.71. The molecule has 0 aliphatic carbocycles. The van der Waals surface area contributed by atoms with Gasteiger partial charge in [-0.3, -0.25) is 4.79 Å². The Kier molecular flexibility index (Phi) is 3.33. The van der Waals surface area contributed by atoms with Crippen LogP contribution in [0, 0.1) is 0 Å². The largest absolute Gasteiger partial charge is 0.481 e. The first-order valence-corrected chi connectivity index (χ1v) is 4.28. The fourth-order valence-electron chi connectivity index (χ4n) is 1.04. The molecule has 0 bridgehead atoms. The molecule has 13 heavy (non-hydrogen) atoms. The second-order valence-corrected chi connectivity index (χ2v) is 3.23. The molecule has 0 saturated carbocycles. The number of hydrogen-bond acceptors (Lipinski definition) is 2. The summed E-state index contributed by atoms with van der Waals surface area (Å²) < 4.78 is 0. The Bertz CT molecular complexity index is 298. The number of hydrogen-bond donors (Lipinski definition) is 3. The van der Waals surface area contributed by atoms with Gasteiger partial charge >= 0.3 is 5.97 Å². The molecule has 4 nitrogen and oxygen atoms in total. The summed E-state index contributed by atoms with van der Waals surface area (Å²) in [5.41, 5.74) is 6.55. The van der Waals surface area contributed by atoms with Crippen molar-refractivity contribution in [3.05, 3.63) is 23.0 Å². The van der Waals surface area contributed by atoms with Gasteiger partial charge in [-0.25, -0.2) is 0 Å². The van der Waals surface area contributed by atoms with Crippen molar-refractivity contribution in [1.82, 2.24) is 4.98 Å². The average Bonchev–Trinajstić information content (AvgIpc) is 2.47. The third-order valence-corrected chi connectivity index (χ3v) is 1.99. The molecule has 0 aliphatic heterocycles. The number of carboxylic acid groups (broad SMARTS) is 1. The summed E-state index contributed by atoms with van der Waals surface area (Å²) in [4.78, 5) is 13.0. The van der Waals surface area contributed by atoms with E-state index in [0.717, 1.165) is 5.56 Å². The summed E-state index contributed by atoms with van der Waals surface area (Å²) in [7, 11) is 0. The van der Waals surface area contributed by atoms with Crippen LogP contribution in [0.1, 0.15) is 24.4 Å². The first-order chi connectivity index (χ1) is 6.09. The Morgan fingerprint density at radius 3 is 2.92 bits per heavy atom. The minimum Gasteiger partial charge on any atom is -0.481 e. The summed E-state index contributed by atoms with van der Waals surface area (Å²) in [6, 6.07) is 1.44. The maximum Gasteiger partial charge on any atom is 0.303 e. The summed E-state index contributed by atoms with van der Waals surface area (Å²) >= 11 is 5.64. The molecule has 0 aromatic carbocycles. The van der Waals surface area contributed by atoms with Crippen molar-refractivity contribution in [3.63, 3.8) is 0 Å². The lowest BCUT2D eigenvalue weighted by Crippen LogP contribution is -2.11. The molecule has 1 aromatic heterocycles. The molecule has 0 radical (unpaired) electrons. The molecule has 72 valence electrons. The minimum absolute atomic E-state index is 0.0734. The normalized spacial score (nSPS) is 12.8. The highest BCUT2D eigenvalue weighted by Crippen LogP contribution is 2.18.